The average Bonchev–Trinajstić information content (AvgIpc) is 2.77. The molecule has 0 radical (unpaired) electrons. The third-order valence-corrected chi connectivity index (χ3v) is 3.84. The summed E-state index contributed by atoms with van der Waals surface area (Å²) in [7, 11) is 1.96. The lowest BCUT2D eigenvalue weighted by molar-refractivity contribution is 0.697. The van der Waals surface area contributed by atoms with E-state index in [4.69, 9.17) is 0 Å². The number of nitrogens with zero attached hydrogens (tertiary/aromatic N) is 2. The molecule has 3 nitrogen and oxygen atoms in total. The molecule has 2 rings (SSSR count). The number of thiophene rings is 1. The highest BCUT2D eigenvalue weighted by atomic mass is 32.1. The minimum atomic E-state index is 0.864. The molecule has 0 aliphatic rings. The lowest BCUT2D eigenvalue weighted by Crippen LogP contribution is -2.10. The van der Waals surface area contributed by atoms with Gasteiger partial charge < -0.3 is 9.88 Å². The zero-order valence-corrected chi connectivity index (χ0v) is 10.8. The molecule has 0 aliphatic carbocycles. The van der Waals surface area contributed by atoms with Gasteiger partial charge in [0.15, 0.2) is 0 Å². The molecule has 2 aromatic rings. The molecular weight excluding hydrogens is 218 g/mol. The summed E-state index contributed by atoms with van der Waals surface area (Å²) in [6, 6.07) is 2.27. The molecule has 1 N–H and O–H groups in total. The maximum atomic E-state index is 4.19. The normalized spacial score (nSPS) is 10.9. The highest BCUT2D eigenvalue weighted by molar-refractivity contribution is 7.12. The van der Waals surface area contributed by atoms with E-state index in [-0.39, 0.29) is 0 Å². The number of aryl methyl sites for hydroxylation is 2. The summed E-state index contributed by atoms with van der Waals surface area (Å²) in [4.78, 5) is 7.00. The number of hydrogen-bond acceptors (Lipinski definition) is 3. The Hall–Kier alpha value is -1.13. The first-order valence-corrected chi connectivity index (χ1v) is 6.22. The Bertz CT molecular complexity index is 451. The zero-order chi connectivity index (χ0) is 11.5. The molecule has 0 bridgehead atoms. The molecule has 0 unspecified atom stereocenters. The van der Waals surface area contributed by atoms with Crippen molar-refractivity contribution in [3.8, 4) is 0 Å². The number of nitrogens with one attached hydrogen (secondary N) is 1. The van der Waals surface area contributed by atoms with Crippen LogP contribution in [0.15, 0.2) is 18.6 Å². The van der Waals surface area contributed by atoms with Crippen molar-refractivity contribution in [1.82, 2.24) is 14.9 Å². The average molecular weight is 235 g/mol. The summed E-state index contributed by atoms with van der Waals surface area (Å²) < 4.78 is 2.20. The van der Waals surface area contributed by atoms with Crippen LogP contribution in [-0.4, -0.2) is 16.6 Å². The van der Waals surface area contributed by atoms with Crippen LogP contribution in [0.1, 0.15) is 21.0 Å². The second kappa shape index (κ2) is 4.80. The Morgan fingerprint density at radius 2 is 2.25 bits per heavy atom. The fourth-order valence-electron chi connectivity index (χ4n) is 1.71. The van der Waals surface area contributed by atoms with Crippen LogP contribution in [0, 0.1) is 13.8 Å². The first-order valence-electron chi connectivity index (χ1n) is 5.40. The number of hydrogen-bond donors (Lipinski definition) is 1. The van der Waals surface area contributed by atoms with E-state index in [1.807, 2.05) is 30.9 Å². The van der Waals surface area contributed by atoms with E-state index in [9.17, 15) is 0 Å². The minimum absolute atomic E-state index is 0.864. The Morgan fingerprint density at radius 3 is 2.88 bits per heavy atom. The van der Waals surface area contributed by atoms with Crippen LogP contribution in [0.25, 0.3) is 0 Å². The van der Waals surface area contributed by atoms with Gasteiger partial charge in [0.1, 0.15) is 0 Å². The van der Waals surface area contributed by atoms with Gasteiger partial charge in [0.25, 0.3) is 0 Å². The predicted octanol–water partition coefficient (Wildman–Crippen LogP) is 2.33. The van der Waals surface area contributed by atoms with E-state index >= 15 is 0 Å². The number of aromatic nitrogens is 2. The van der Waals surface area contributed by atoms with Crippen LogP contribution in [0.4, 0.5) is 0 Å². The van der Waals surface area contributed by atoms with Crippen LogP contribution >= 0.6 is 11.3 Å². The molecule has 0 aromatic carbocycles. The molecular formula is C12H17N3S. The minimum Gasteiger partial charge on any atom is -0.328 e. The predicted molar refractivity (Wildman–Crippen MR) is 67.9 cm³/mol. The van der Waals surface area contributed by atoms with Gasteiger partial charge in [0.05, 0.1) is 18.6 Å². The number of imidazole rings is 1. The molecule has 2 aromatic heterocycles. The van der Waals surface area contributed by atoms with Gasteiger partial charge in [-0.2, -0.15) is 0 Å². The summed E-state index contributed by atoms with van der Waals surface area (Å²) >= 11 is 1.87. The van der Waals surface area contributed by atoms with Gasteiger partial charge in [-0.1, -0.05) is 0 Å². The molecule has 0 amide bonds. The lowest BCUT2D eigenvalue weighted by atomic mass is 10.3. The molecule has 2 heterocycles. The first kappa shape index (κ1) is 11.4. The quantitative estimate of drug-likeness (QED) is 0.881. The molecule has 0 saturated heterocycles. The molecule has 0 saturated carbocycles. The van der Waals surface area contributed by atoms with Gasteiger partial charge in [0.2, 0.25) is 0 Å². The summed E-state index contributed by atoms with van der Waals surface area (Å²) in [6.45, 7) is 6.13. The smallest absolute Gasteiger partial charge is 0.0952 e. The molecule has 0 aliphatic heterocycles. The van der Waals surface area contributed by atoms with Crippen molar-refractivity contribution in [2.45, 2.75) is 26.9 Å². The largest absolute Gasteiger partial charge is 0.328 e. The van der Waals surface area contributed by atoms with E-state index in [1.165, 1.54) is 21.0 Å². The third-order valence-electron chi connectivity index (χ3n) is 2.70. The zero-order valence-electron chi connectivity index (χ0n) is 9.95. The van der Waals surface area contributed by atoms with Crippen LogP contribution < -0.4 is 5.32 Å². The van der Waals surface area contributed by atoms with Gasteiger partial charge in [0, 0.05) is 22.5 Å². The molecule has 0 fully saturated rings. The van der Waals surface area contributed by atoms with Crippen LogP contribution in [0.3, 0.4) is 0 Å². The Morgan fingerprint density at radius 1 is 1.44 bits per heavy atom. The molecule has 0 atom stereocenters. The Labute approximate surface area is 100 Å². The van der Waals surface area contributed by atoms with Gasteiger partial charge in [-0.05, 0) is 32.5 Å². The second-order valence-electron chi connectivity index (χ2n) is 4.00. The second-order valence-corrected chi connectivity index (χ2v) is 5.34. The van der Waals surface area contributed by atoms with Crippen molar-refractivity contribution in [1.29, 1.82) is 0 Å². The standard InChI is InChI=1S/C12H17N3S/c1-9-4-12(16-10(9)2)7-15-8-14-6-11(15)5-13-3/h4,6,8,13H,5,7H2,1-3H3. The SMILES string of the molecule is CNCc1cncn1Cc1cc(C)c(C)s1. The molecule has 86 valence electrons. The van der Waals surface area contributed by atoms with Crippen molar-refractivity contribution in [2.75, 3.05) is 7.05 Å². The van der Waals surface area contributed by atoms with Crippen molar-refractivity contribution in [3.05, 3.63) is 39.6 Å². The van der Waals surface area contributed by atoms with E-state index < -0.39 is 0 Å². The lowest BCUT2D eigenvalue weighted by Gasteiger charge is -2.05. The van der Waals surface area contributed by atoms with Gasteiger partial charge in [-0.15, -0.1) is 11.3 Å². The van der Waals surface area contributed by atoms with Crippen molar-refractivity contribution < 1.29 is 0 Å². The summed E-state index contributed by atoms with van der Waals surface area (Å²) in [5.41, 5.74) is 2.61. The topological polar surface area (TPSA) is 29.9 Å². The molecule has 4 heteroatoms. The first-order chi connectivity index (χ1) is 7.70. The van der Waals surface area contributed by atoms with E-state index in [0.717, 1.165) is 13.1 Å². The third kappa shape index (κ3) is 2.33. The summed E-state index contributed by atoms with van der Waals surface area (Å²) in [5, 5.41) is 3.16. The highest BCUT2D eigenvalue weighted by Gasteiger charge is 2.05. The van der Waals surface area contributed by atoms with Crippen LogP contribution in [0.2, 0.25) is 0 Å². The Kier molecular flexibility index (Phi) is 3.41. The van der Waals surface area contributed by atoms with Gasteiger partial charge >= 0.3 is 0 Å². The fraction of sp³-hybridized carbons (Fsp3) is 0.417. The van der Waals surface area contributed by atoms with Crippen LogP contribution in [0.5, 0.6) is 0 Å². The highest BCUT2D eigenvalue weighted by Crippen LogP contribution is 2.21. The van der Waals surface area contributed by atoms with Crippen molar-refractivity contribution in [2.24, 2.45) is 0 Å². The van der Waals surface area contributed by atoms with Crippen LogP contribution in [-0.2, 0) is 13.1 Å². The summed E-state index contributed by atoms with van der Waals surface area (Å²) in [6.07, 6.45) is 3.82. The molecule has 16 heavy (non-hydrogen) atoms. The van der Waals surface area contributed by atoms with Crippen molar-refractivity contribution in [3.63, 3.8) is 0 Å². The van der Waals surface area contributed by atoms with E-state index in [1.54, 1.807) is 0 Å². The van der Waals surface area contributed by atoms with E-state index in [2.05, 4.69) is 34.8 Å². The van der Waals surface area contributed by atoms with Gasteiger partial charge in [-0.25, -0.2) is 4.98 Å². The Balaban J connectivity index is 2.16. The van der Waals surface area contributed by atoms with E-state index in [0.29, 0.717) is 0 Å². The fourth-order valence-corrected chi connectivity index (χ4v) is 2.77. The molecule has 0 spiro atoms. The maximum absolute atomic E-state index is 4.19. The maximum Gasteiger partial charge on any atom is 0.0952 e. The monoisotopic (exact) mass is 235 g/mol. The summed E-state index contributed by atoms with van der Waals surface area (Å²) in [5.74, 6) is 0. The van der Waals surface area contributed by atoms with Gasteiger partial charge in [-0.3, -0.25) is 0 Å². The number of rotatable bonds is 4. The van der Waals surface area contributed by atoms with Crippen molar-refractivity contribution >= 4 is 11.3 Å².